The Hall–Kier alpha value is -3.88. The minimum Gasteiger partial charge on any atom is -0.508 e. The van der Waals surface area contributed by atoms with Gasteiger partial charge in [0, 0.05) is 47.7 Å². The van der Waals surface area contributed by atoms with E-state index in [1.54, 1.807) is 12.1 Å². The highest BCUT2D eigenvalue weighted by Crippen LogP contribution is 2.44. The fourth-order valence-electron chi connectivity index (χ4n) is 5.68. The first-order valence-corrected chi connectivity index (χ1v) is 13.3. The van der Waals surface area contributed by atoms with Gasteiger partial charge in [-0.1, -0.05) is 6.07 Å². The second-order valence-electron chi connectivity index (χ2n) is 9.79. The maximum Gasteiger partial charge on any atom is 0.174 e. The number of nitrogens with zero attached hydrogens (tertiary/aromatic N) is 4. The van der Waals surface area contributed by atoms with Crippen molar-refractivity contribution in [3.05, 3.63) is 102 Å². The molecule has 2 aliphatic heterocycles. The number of hydrogen-bond acceptors (Lipinski definition) is 5. The molecule has 2 aromatic heterocycles. The van der Waals surface area contributed by atoms with Crippen molar-refractivity contribution in [2.75, 3.05) is 36.1 Å². The zero-order chi connectivity index (χ0) is 26.2. The van der Waals surface area contributed by atoms with Gasteiger partial charge in [-0.25, -0.2) is 0 Å². The Morgan fingerprint density at radius 1 is 0.921 bits per heavy atom. The lowest BCUT2D eigenvalue weighted by Gasteiger charge is -2.29. The molecule has 7 nitrogen and oxygen atoms in total. The molecule has 4 aromatic rings. The lowest BCUT2D eigenvalue weighted by molar-refractivity contribution is 0.122. The summed E-state index contributed by atoms with van der Waals surface area (Å²) in [6.45, 7) is 7.70. The normalized spacial score (nSPS) is 19.6. The minimum absolute atomic E-state index is 0.116. The molecule has 0 bridgehead atoms. The number of nitrogens with one attached hydrogen (secondary N) is 1. The topological polar surface area (TPSA) is 65.8 Å². The number of aromatic hydroxyl groups is 1. The first-order chi connectivity index (χ1) is 18.5. The highest BCUT2D eigenvalue weighted by Gasteiger charge is 2.42. The van der Waals surface area contributed by atoms with E-state index >= 15 is 0 Å². The minimum atomic E-state index is -0.129. The van der Waals surface area contributed by atoms with Crippen LogP contribution in [0.1, 0.15) is 34.7 Å². The first kappa shape index (κ1) is 24.5. The summed E-state index contributed by atoms with van der Waals surface area (Å²) in [4.78, 5) is 9.18. The summed E-state index contributed by atoms with van der Waals surface area (Å²) in [7, 11) is 0. The van der Waals surface area contributed by atoms with Crippen molar-refractivity contribution >= 4 is 28.7 Å². The summed E-state index contributed by atoms with van der Waals surface area (Å²) in [5, 5.41) is 14.1. The van der Waals surface area contributed by atoms with Gasteiger partial charge in [0.05, 0.1) is 31.0 Å². The Balaban J connectivity index is 1.41. The Labute approximate surface area is 228 Å². The number of phenolic OH excluding ortho intramolecular Hbond substituents is 1. The molecule has 2 aliphatic rings. The Bertz CT molecular complexity index is 1430. The average molecular weight is 526 g/mol. The lowest BCUT2D eigenvalue weighted by Crippen LogP contribution is -2.36. The van der Waals surface area contributed by atoms with Crippen LogP contribution in [-0.4, -0.2) is 46.1 Å². The van der Waals surface area contributed by atoms with Crippen LogP contribution in [0.3, 0.4) is 0 Å². The molecule has 2 N–H and O–H groups in total. The van der Waals surface area contributed by atoms with E-state index in [1.165, 1.54) is 11.3 Å². The summed E-state index contributed by atoms with van der Waals surface area (Å²) < 4.78 is 7.82. The summed E-state index contributed by atoms with van der Waals surface area (Å²) in [6, 6.07) is 24.0. The maximum atomic E-state index is 9.90. The summed E-state index contributed by atoms with van der Waals surface area (Å²) in [5.74, 6) is 0.225. The molecule has 38 heavy (non-hydrogen) atoms. The molecule has 0 aliphatic carbocycles. The molecule has 0 unspecified atom stereocenters. The molecule has 6 rings (SSSR count). The summed E-state index contributed by atoms with van der Waals surface area (Å²) >= 11 is 5.87. The van der Waals surface area contributed by atoms with Gasteiger partial charge in [0.15, 0.2) is 5.11 Å². The van der Waals surface area contributed by atoms with Gasteiger partial charge in [-0.15, -0.1) is 0 Å². The van der Waals surface area contributed by atoms with Gasteiger partial charge in [-0.05, 0) is 98.4 Å². The number of ether oxygens (including phenoxy) is 1. The number of aromatic nitrogens is 2. The third kappa shape index (κ3) is 4.40. The predicted molar refractivity (Wildman–Crippen MR) is 154 cm³/mol. The van der Waals surface area contributed by atoms with Crippen molar-refractivity contribution in [1.29, 1.82) is 0 Å². The standard InChI is InChI=1S/C30H31N5O2S/c1-20-19-26(21(2)34(20)23-8-6-22(7-9-23)33-15-17-37-18-16-33)29-28(27-5-3-4-14-31-27)32-30(38)35(29)24-10-12-25(36)13-11-24/h3-14,19,28-29,36H,15-18H2,1-2H3,(H,32,38)/t28-,29+/m1/s1. The molecule has 2 aromatic carbocycles. The van der Waals surface area contributed by atoms with Crippen LogP contribution in [0.5, 0.6) is 5.75 Å². The smallest absolute Gasteiger partial charge is 0.174 e. The number of aryl methyl sites for hydroxylation is 1. The molecule has 8 heteroatoms. The average Bonchev–Trinajstić information content (AvgIpc) is 3.45. The molecule has 2 fully saturated rings. The molecule has 0 radical (unpaired) electrons. The molecule has 194 valence electrons. The number of thiocarbonyl (C=S) groups is 1. The van der Waals surface area contributed by atoms with E-state index < -0.39 is 0 Å². The SMILES string of the molecule is Cc1cc([C@H]2[C@@H](c3ccccn3)NC(=S)N2c2ccc(O)cc2)c(C)n1-c1ccc(N2CCOCC2)cc1. The Kier molecular flexibility index (Phi) is 6.51. The zero-order valence-corrected chi connectivity index (χ0v) is 22.4. The Morgan fingerprint density at radius 2 is 1.61 bits per heavy atom. The van der Waals surface area contributed by atoms with Crippen LogP contribution in [0.2, 0.25) is 0 Å². The largest absolute Gasteiger partial charge is 0.508 e. The number of morpholine rings is 1. The van der Waals surface area contributed by atoms with Gasteiger partial charge in [0.25, 0.3) is 0 Å². The van der Waals surface area contributed by atoms with Gasteiger partial charge in [0.2, 0.25) is 0 Å². The van der Waals surface area contributed by atoms with E-state index in [-0.39, 0.29) is 17.8 Å². The van der Waals surface area contributed by atoms with Crippen LogP contribution in [-0.2, 0) is 4.74 Å². The van der Waals surface area contributed by atoms with Crippen molar-refractivity contribution in [2.24, 2.45) is 0 Å². The fraction of sp³-hybridized carbons (Fsp3) is 0.267. The van der Waals surface area contributed by atoms with Gasteiger partial charge in [-0.2, -0.15) is 0 Å². The van der Waals surface area contributed by atoms with Gasteiger partial charge >= 0.3 is 0 Å². The number of hydrogen-bond donors (Lipinski definition) is 2. The lowest BCUT2D eigenvalue weighted by atomic mass is 9.96. The van der Waals surface area contributed by atoms with E-state index in [9.17, 15) is 5.11 Å². The maximum absolute atomic E-state index is 9.90. The molecular weight excluding hydrogens is 494 g/mol. The monoisotopic (exact) mass is 525 g/mol. The molecule has 0 spiro atoms. The van der Waals surface area contributed by atoms with Crippen LogP contribution in [0, 0.1) is 13.8 Å². The second kappa shape index (κ2) is 10.1. The quantitative estimate of drug-likeness (QED) is 0.347. The molecule has 2 saturated heterocycles. The van der Waals surface area contributed by atoms with Crippen molar-refractivity contribution in [2.45, 2.75) is 25.9 Å². The van der Waals surface area contributed by atoms with E-state index in [2.05, 4.69) is 68.8 Å². The molecule has 4 heterocycles. The highest BCUT2D eigenvalue weighted by atomic mass is 32.1. The predicted octanol–water partition coefficient (Wildman–Crippen LogP) is 5.21. The van der Waals surface area contributed by atoms with Gasteiger partial charge in [0.1, 0.15) is 5.75 Å². The van der Waals surface area contributed by atoms with Crippen LogP contribution in [0.15, 0.2) is 79.0 Å². The highest BCUT2D eigenvalue weighted by molar-refractivity contribution is 7.80. The Morgan fingerprint density at radius 3 is 2.29 bits per heavy atom. The van der Waals surface area contributed by atoms with Gasteiger partial charge < -0.3 is 29.5 Å². The van der Waals surface area contributed by atoms with Crippen molar-refractivity contribution in [3.63, 3.8) is 0 Å². The van der Waals surface area contributed by atoms with Crippen LogP contribution >= 0.6 is 12.2 Å². The summed E-state index contributed by atoms with van der Waals surface area (Å²) in [5.41, 5.74) is 7.68. The van der Waals surface area contributed by atoms with Crippen molar-refractivity contribution in [1.82, 2.24) is 14.9 Å². The van der Waals surface area contributed by atoms with Crippen LogP contribution in [0.25, 0.3) is 5.69 Å². The van der Waals surface area contributed by atoms with E-state index in [1.807, 2.05) is 36.5 Å². The van der Waals surface area contributed by atoms with E-state index in [4.69, 9.17) is 17.0 Å². The van der Waals surface area contributed by atoms with Gasteiger partial charge in [-0.3, -0.25) is 4.98 Å². The number of benzene rings is 2. The second-order valence-corrected chi connectivity index (χ2v) is 10.2. The number of rotatable bonds is 5. The van der Waals surface area contributed by atoms with E-state index in [0.717, 1.165) is 54.8 Å². The number of pyridine rings is 1. The number of phenols is 1. The summed E-state index contributed by atoms with van der Waals surface area (Å²) in [6.07, 6.45) is 1.82. The van der Waals surface area contributed by atoms with Crippen LogP contribution < -0.4 is 15.1 Å². The first-order valence-electron chi connectivity index (χ1n) is 12.9. The fourth-order valence-corrected chi connectivity index (χ4v) is 6.03. The van der Waals surface area contributed by atoms with Crippen molar-refractivity contribution in [3.8, 4) is 11.4 Å². The zero-order valence-electron chi connectivity index (χ0n) is 21.5. The molecule has 0 amide bonds. The van der Waals surface area contributed by atoms with E-state index in [0.29, 0.717) is 5.11 Å². The molecular formula is C30H31N5O2S. The van der Waals surface area contributed by atoms with Crippen LogP contribution in [0.4, 0.5) is 11.4 Å². The number of anilines is 2. The molecule has 0 saturated carbocycles. The molecule has 2 atom stereocenters. The third-order valence-electron chi connectivity index (χ3n) is 7.50. The van der Waals surface area contributed by atoms with Crippen molar-refractivity contribution < 1.29 is 9.84 Å². The third-order valence-corrected chi connectivity index (χ3v) is 7.81.